The number of carbonyl (C=O) groups excluding carboxylic acids is 1. The summed E-state index contributed by atoms with van der Waals surface area (Å²) in [7, 11) is 0. The predicted molar refractivity (Wildman–Crippen MR) is 128 cm³/mol. The number of aromatic nitrogens is 5. The molecular weight excluding hydrogens is 428 g/mol. The highest BCUT2D eigenvalue weighted by Gasteiger charge is 2.26. The standard InChI is InChI=1S/C26H26N6O2/c1-17-9-12-34-15-19-7-8-20(31-14-23(28-16-31)18-5-6-18)13-21(19)26(33)30-24-4-2-3-22(29-24)25-27-10-11-32(17)25/h2-4,7-8,10-11,13-14,16-18H,5-6,9,12,15H2,1H3,(H,29,30,33)/t17-/m0/s1. The zero-order chi connectivity index (χ0) is 23.1. The van der Waals surface area contributed by atoms with E-state index in [4.69, 9.17) is 4.74 Å². The molecule has 6 rings (SSSR count). The number of amides is 1. The molecule has 1 atom stereocenters. The van der Waals surface area contributed by atoms with E-state index in [2.05, 4.69) is 38.0 Å². The van der Waals surface area contributed by atoms with E-state index in [1.165, 1.54) is 12.8 Å². The monoisotopic (exact) mass is 454 g/mol. The van der Waals surface area contributed by atoms with Crippen molar-refractivity contribution in [3.8, 4) is 17.2 Å². The summed E-state index contributed by atoms with van der Waals surface area (Å²) in [4.78, 5) is 27.1. The van der Waals surface area contributed by atoms with Crippen LogP contribution in [-0.4, -0.2) is 36.6 Å². The zero-order valence-electron chi connectivity index (χ0n) is 19.0. The molecule has 1 saturated carbocycles. The largest absolute Gasteiger partial charge is 0.377 e. The highest BCUT2D eigenvalue weighted by Crippen LogP contribution is 2.39. The van der Waals surface area contributed by atoms with Gasteiger partial charge in [0.2, 0.25) is 0 Å². The maximum absolute atomic E-state index is 13.4. The smallest absolute Gasteiger partial charge is 0.257 e. The Morgan fingerprint density at radius 1 is 1.12 bits per heavy atom. The highest BCUT2D eigenvalue weighted by atomic mass is 16.5. The second-order valence-electron chi connectivity index (χ2n) is 9.03. The Labute approximate surface area is 197 Å². The zero-order valence-corrected chi connectivity index (χ0v) is 19.0. The Morgan fingerprint density at radius 2 is 2.03 bits per heavy atom. The van der Waals surface area contributed by atoms with E-state index in [0.29, 0.717) is 36.2 Å². The van der Waals surface area contributed by atoms with Crippen LogP contribution in [0.3, 0.4) is 0 Å². The number of imidazole rings is 2. The SMILES string of the molecule is C[C@H]1CCOCc2ccc(-n3cnc(C4CC4)c3)cc2C(=O)Nc2cccc(n2)-c2nccn21. The Balaban J connectivity index is 1.37. The third-order valence-corrected chi connectivity index (χ3v) is 6.54. The number of hydrogen-bond donors (Lipinski definition) is 1. The second-order valence-corrected chi connectivity index (χ2v) is 9.03. The third kappa shape index (κ3) is 4.01. The fraction of sp³-hybridized carbons (Fsp3) is 0.308. The van der Waals surface area contributed by atoms with Gasteiger partial charge < -0.3 is 19.2 Å². The molecule has 172 valence electrons. The minimum Gasteiger partial charge on any atom is -0.377 e. The van der Waals surface area contributed by atoms with Gasteiger partial charge in [0, 0.05) is 48.4 Å². The Kier molecular flexibility index (Phi) is 5.22. The average molecular weight is 455 g/mol. The second kappa shape index (κ2) is 8.53. The molecule has 8 nitrogen and oxygen atoms in total. The first kappa shape index (κ1) is 20.8. The van der Waals surface area contributed by atoms with Crippen LogP contribution in [-0.2, 0) is 11.3 Å². The minimum absolute atomic E-state index is 0.198. The lowest BCUT2D eigenvalue weighted by Crippen LogP contribution is -2.17. The van der Waals surface area contributed by atoms with Crippen molar-refractivity contribution < 1.29 is 9.53 Å². The predicted octanol–water partition coefficient (Wildman–Crippen LogP) is 4.74. The van der Waals surface area contributed by atoms with Crippen LogP contribution < -0.4 is 5.32 Å². The van der Waals surface area contributed by atoms with E-state index in [9.17, 15) is 4.79 Å². The number of benzene rings is 1. The topological polar surface area (TPSA) is 86.9 Å². The maximum Gasteiger partial charge on any atom is 0.257 e. The van der Waals surface area contributed by atoms with Crippen molar-refractivity contribution in [1.29, 1.82) is 0 Å². The number of ether oxygens (including phenoxy) is 1. The van der Waals surface area contributed by atoms with Gasteiger partial charge in [0.1, 0.15) is 11.5 Å². The minimum atomic E-state index is -0.221. The molecule has 1 N–H and O–H groups in total. The third-order valence-electron chi connectivity index (χ3n) is 6.54. The van der Waals surface area contributed by atoms with Gasteiger partial charge in [-0.25, -0.2) is 15.0 Å². The maximum atomic E-state index is 13.4. The number of hydrogen-bond acceptors (Lipinski definition) is 5. The number of carbonyl (C=O) groups is 1. The van der Waals surface area contributed by atoms with Crippen LogP contribution in [0.2, 0.25) is 0 Å². The van der Waals surface area contributed by atoms with E-state index in [1.807, 2.05) is 47.4 Å². The molecule has 1 aliphatic heterocycles. The molecule has 1 aromatic carbocycles. The van der Waals surface area contributed by atoms with Gasteiger partial charge in [0.15, 0.2) is 5.82 Å². The van der Waals surface area contributed by atoms with Crippen molar-refractivity contribution in [2.45, 2.75) is 44.8 Å². The lowest BCUT2D eigenvalue weighted by Gasteiger charge is -2.18. The molecule has 2 aliphatic rings. The van der Waals surface area contributed by atoms with Gasteiger partial charge >= 0.3 is 0 Å². The number of rotatable bonds is 2. The molecule has 0 saturated heterocycles. The van der Waals surface area contributed by atoms with E-state index >= 15 is 0 Å². The van der Waals surface area contributed by atoms with Crippen LogP contribution in [0.5, 0.6) is 0 Å². The molecule has 1 aliphatic carbocycles. The summed E-state index contributed by atoms with van der Waals surface area (Å²) in [5, 5.41) is 2.97. The molecule has 8 heteroatoms. The van der Waals surface area contributed by atoms with E-state index < -0.39 is 0 Å². The van der Waals surface area contributed by atoms with Crippen molar-refractivity contribution >= 4 is 11.7 Å². The molecule has 0 unspecified atom stereocenters. The Morgan fingerprint density at radius 3 is 2.91 bits per heavy atom. The van der Waals surface area contributed by atoms with Crippen LogP contribution in [0.15, 0.2) is 61.3 Å². The summed E-state index contributed by atoms with van der Waals surface area (Å²) in [5.41, 5.74) is 4.13. The number of fused-ring (bicyclic) bond motifs is 5. The molecule has 0 spiro atoms. The van der Waals surface area contributed by atoms with Crippen LogP contribution in [0.25, 0.3) is 17.2 Å². The van der Waals surface area contributed by atoms with E-state index in [0.717, 1.165) is 29.2 Å². The lowest BCUT2D eigenvalue weighted by atomic mass is 10.1. The van der Waals surface area contributed by atoms with Crippen molar-refractivity contribution in [3.63, 3.8) is 0 Å². The normalized spacial score (nSPS) is 18.5. The first-order valence-corrected chi connectivity index (χ1v) is 11.7. The van der Waals surface area contributed by atoms with Crippen LogP contribution in [0, 0.1) is 0 Å². The molecule has 3 aromatic heterocycles. The molecule has 1 amide bonds. The molecule has 1 fully saturated rings. The molecule has 0 radical (unpaired) electrons. The Hall–Kier alpha value is -3.78. The van der Waals surface area contributed by atoms with E-state index in [1.54, 1.807) is 12.3 Å². The summed E-state index contributed by atoms with van der Waals surface area (Å²) in [6.45, 7) is 3.08. The van der Waals surface area contributed by atoms with Gasteiger partial charge in [0.05, 0.1) is 18.6 Å². The van der Waals surface area contributed by atoms with Crippen LogP contribution in [0.4, 0.5) is 5.82 Å². The summed E-state index contributed by atoms with van der Waals surface area (Å²) < 4.78 is 10.1. The van der Waals surface area contributed by atoms with Crippen molar-refractivity contribution in [2.24, 2.45) is 0 Å². The van der Waals surface area contributed by atoms with Gasteiger partial charge in [-0.2, -0.15) is 0 Å². The molecule has 4 aromatic rings. The molecule has 34 heavy (non-hydrogen) atoms. The van der Waals surface area contributed by atoms with E-state index in [-0.39, 0.29) is 11.9 Å². The lowest BCUT2D eigenvalue weighted by molar-refractivity contribution is 0.0990. The molecule has 2 bridgehead atoms. The molecule has 4 heterocycles. The summed E-state index contributed by atoms with van der Waals surface area (Å²) in [6, 6.07) is 11.7. The number of nitrogens with one attached hydrogen (secondary N) is 1. The van der Waals surface area contributed by atoms with Crippen molar-refractivity contribution in [2.75, 3.05) is 11.9 Å². The highest BCUT2D eigenvalue weighted by molar-refractivity contribution is 6.05. The summed E-state index contributed by atoms with van der Waals surface area (Å²) in [6.07, 6.45) is 10.8. The quantitative estimate of drug-likeness (QED) is 0.473. The number of anilines is 1. The Bertz CT molecular complexity index is 1350. The first-order chi connectivity index (χ1) is 16.7. The number of nitrogens with zero attached hydrogens (tertiary/aromatic N) is 5. The average Bonchev–Trinajstić information content (AvgIpc) is 3.37. The van der Waals surface area contributed by atoms with Gasteiger partial charge in [-0.05, 0) is 56.0 Å². The van der Waals surface area contributed by atoms with Crippen molar-refractivity contribution in [3.05, 3.63) is 78.1 Å². The van der Waals surface area contributed by atoms with Gasteiger partial charge in [0.25, 0.3) is 5.91 Å². The van der Waals surface area contributed by atoms with Crippen molar-refractivity contribution in [1.82, 2.24) is 24.1 Å². The number of pyridine rings is 1. The van der Waals surface area contributed by atoms with Gasteiger partial charge in [-0.3, -0.25) is 4.79 Å². The van der Waals surface area contributed by atoms with Crippen LogP contribution >= 0.6 is 0 Å². The first-order valence-electron chi connectivity index (χ1n) is 11.7. The van der Waals surface area contributed by atoms with Crippen LogP contribution in [0.1, 0.15) is 59.8 Å². The van der Waals surface area contributed by atoms with Gasteiger partial charge in [-0.15, -0.1) is 0 Å². The summed E-state index contributed by atoms with van der Waals surface area (Å²) in [5.74, 6) is 1.61. The fourth-order valence-corrected chi connectivity index (χ4v) is 4.39. The fourth-order valence-electron chi connectivity index (χ4n) is 4.39. The molecular formula is C26H26N6O2. The van der Waals surface area contributed by atoms with Gasteiger partial charge in [-0.1, -0.05) is 12.1 Å². The summed E-state index contributed by atoms with van der Waals surface area (Å²) >= 11 is 0.